The van der Waals surface area contributed by atoms with E-state index in [9.17, 15) is 4.39 Å². The normalized spacial score (nSPS) is 12.5. The van der Waals surface area contributed by atoms with Crippen LogP contribution in [0.1, 0.15) is 18.9 Å². The van der Waals surface area contributed by atoms with Crippen LogP contribution in [-0.2, 0) is 0 Å². The minimum absolute atomic E-state index is 0.121. The van der Waals surface area contributed by atoms with Gasteiger partial charge in [-0.3, -0.25) is 0 Å². The fourth-order valence-electron chi connectivity index (χ4n) is 1.59. The molecule has 0 amide bonds. The average molecular weight is 241 g/mol. The van der Waals surface area contributed by atoms with Crippen LogP contribution in [0, 0.1) is 12.7 Å². The third-order valence-corrected chi connectivity index (χ3v) is 2.55. The van der Waals surface area contributed by atoms with E-state index in [-0.39, 0.29) is 18.5 Å². The molecule has 0 aliphatic carbocycles. The zero-order chi connectivity index (χ0) is 12.7. The van der Waals surface area contributed by atoms with Gasteiger partial charge in [0.05, 0.1) is 0 Å². The van der Waals surface area contributed by atoms with Crippen molar-refractivity contribution in [2.75, 3.05) is 19.8 Å². The zero-order valence-corrected chi connectivity index (χ0v) is 10.4. The zero-order valence-electron chi connectivity index (χ0n) is 10.4. The molecule has 0 saturated heterocycles. The van der Waals surface area contributed by atoms with Crippen LogP contribution in [0.3, 0.4) is 0 Å². The highest BCUT2D eigenvalue weighted by atomic mass is 19.1. The molecule has 0 radical (unpaired) electrons. The summed E-state index contributed by atoms with van der Waals surface area (Å²) >= 11 is 0. The summed E-state index contributed by atoms with van der Waals surface area (Å²) in [5.74, 6) is 0.431. The van der Waals surface area contributed by atoms with Crippen LogP contribution in [-0.4, -0.2) is 30.9 Å². The molecule has 0 bridgehead atoms. The van der Waals surface area contributed by atoms with E-state index in [1.165, 1.54) is 6.07 Å². The molecular weight excluding hydrogens is 221 g/mol. The molecule has 0 aliphatic rings. The first-order chi connectivity index (χ1) is 8.17. The fraction of sp³-hybridized carbons (Fsp3) is 0.538. The largest absolute Gasteiger partial charge is 0.492 e. The van der Waals surface area contributed by atoms with Gasteiger partial charge in [0.25, 0.3) is 0 Å². The number of benzene rings is 1. The highest BCUT2D eigenvalue weighted by molar-refractivity contribution is 5.28. The molecule has 1 rings (SSSR count). The number of aliphatic hydroxyl groups excluding tert-OH is 1. The highest BCUT2D eigenvalue weighted by Gasteiger charge is 2.08. The number of aliphatic hydroxyl groups is 1. The average Bonchev–Trinajstić information content (AvgIpc) is 2.31. The summed E-state index contributed by atoms with van der Waals surface area (Å²) in [6.07, 6.45) is 0.647. The van der Waals surface area contributed by atoms with Gasteiger partial charge < -0.3 is 15.2 Å². The molecule has 1 aromatic rings. The van der Waals surface area contributed by atoms with E-state index in [0.717, 1.165) is 6.54 Å². The first-order valence-corrected chi connectivity index (χ1v) is 5.90. The predicted octanol–water partition coefficient (Wildman–Crippen LogP) is 1.87. The molecule has 0 saturated carbocycles. The van der Waals surface area contributed by atoms with Gasteiger partial charge in [0, 0.05) is 12.6 Å². The van der Waals surface area contributed by atoms with Crippen molar-refractivity contribution in [1.82, 2.24) is 5.32 Å². The van der Waals surface area contributed by atoms with Crippen molar-refractivity contribution in [3.05, 3.63) is 29.6 Å². The molecule has 1 unspecified atom stereocenters. The molecule has 17 heavy (non-hydrogen) atoms. The Labute approximate surface area is 102 Å². The summed E-state index contributed by atoms with van der Waals surface area (Å²) in [6.45, 7) is 5.14. The van der Waals surface area contributed by atoms with Crippen LogP contribution in [0.4, 0.5) is 4.39 Å². The van der Waals surface area contributed by atoms with Crippen LogP contribution in [0.2, 0.25) is 0 Å². The Kier molecular flexibility index (Phi) is 5.94. The number of hydrogen-bond donors (Lipinski definition) is 2. The third-order valence-electron chi connectivity index (χ3n) is 2.55. The standard InChI is InChI=1S/C13H20FNO2/c1-3-15-11(6-7-16)9-17-12-4-5-13(14)10(2)8-12/h4-5,8,11,15-16H,3,6-7,9H2,1-2H3. The van der Waals surface area contributed by atoms with E-state index in [1.54, 1.807) is 19.1 Å². The lowest BCUT2D eigenvalue weighted by Gasteiger charge is -2.17. The second-order valence-corrected chi connectivity index (χ2v) is 3.99. The molecule has 1 atom stereocenters. The molecule has 4 heteroatoms. The van der Waals surface area contributed by atoms with Crippen molar-refractivity contribution in [3.8, 4) is 5.75 Å². The lowest BCUT2D eigenvalue weighted by molar-refractivity contribution is 0.215. The minimum atomic E-state index is -0.226. The Balaban J connectivity index is 2.49. The maximum atomic E-state index is 13.0. The van der Waals surface area contributed by atoms with E-state index in [4.69, 9.17) is 9.84 Å². The molecule has 0 spiro atoms. The number of aryl methyl sites for hydroxylation is 1. The smallest absolute Gasteiger partial charge is 0.126 e. The van der Waals surface area contributed by atoms with Crippen molar-refractivity contribution < 1.29 is 14.2 Å². The maximum absolute atomic E-state index is 13.0. The van der Waals surface area contributed by atoms with Gasteiger partial charge in [-0.1, -0.05) is 6.92 Å². The molecule has 0 aliphatic heterocycles. The number of nitrogens with one attached hydrogen (secondary N) is 1. The van der Waals surface area contributed by atoms with Gasteiger partial charge >= 0.3 is 0 Å². The Bertz CT molecular complexity index is 338. The molecule has 0 heterocycles. The number of likely N-dealkylation sites (N-methyl/N-ethyl adjacent to an activating group) is 1. The van der Waals surface area contributed by atoms with Crippen LogP contribution in [0.15, 0.2) is 18.2 Å². The van der Waals surface area contributed by atoms with E-state index in [1.807, 2.05) is 6.92 Å². The van der Waals surface area contributed by atoms with E-state index >= 15 is 0 Å². The maximum Gasteiger partial charge on any atom is 0.126 e. The quantitative estimate of drug-likeness (QED) is 0.765. The summed E-state index contributed by atoms with van der Waals surface area (Å²) in [4.78, 5) is 0. The lowest BCUT2D eigenvalue weighted by Crippen LogP contribution is -2.35. The predicted molar refractivity (Wildman–Crippen MR) is 65.8 cm³/mol. The summed E-state index contributed by atoms with van der Waals surface area (Å²) in [5, 5.41) is 12.1. The van der Waals surface area contributed by atoms with Gasteiger partial charge in [-0.25, -0.2) is 4.39 Å². The summed E-state index contributed by atoms with van der Waals surface area (Å²) < 4.78 is 18.6. The third kappa shape index (κ3) is 4.71. The van der Waals surface area contributed by atoms with Gasteiger partial charge in [-0.2, -0.15) is 0 Å². The molecule has 1 aromatic carbocycles. The lowest BCUT2D eigenvalue weighted by atomic mass is 10.2. The van der Waals surface area contributed by atoms with Crippen LogP contribution >= 0.6 is 0 Å². The number of rotatable bonds is 7. The van der Waals surface area contributed by atoms with Gasteiger partial charge in [0.2, 0.25) is 0 Å². The molecule has 0 fully saturated rings. The topological polar surface area (TPSA) is 41.5 Å². The van der Waals surface area contributed by atoms with E-state index < -0.39 is 0 Å². The van der Waals surface area contributed by atoms with Crippen LogP contribution in [0.25, 0.3) is 0 Å². The van der Waals surface area contributed by atoms with Gasteiger partial charge in [0.1, 0.15) is 18.2 Å². The molecular formula is C13H20FNO2. The van der Waals surface area contributed by atoms with Crippen molar-refractivity contribution in [3.63, 3.8) is 0 Å². The second-order valence-electron chi connectivity index (χ2n) is 3.99. The van der Waals surface area contributed by atoms with Gasteiger partial charge in [0.15, 0.2) is 0 Å². The van der Waals surface area contributed by atoms with Crippen LogP contribution < -0.4 is 10.1 Å². The first kappa shape index (κ1) is 13.9. The Morgan fingerprint density at radius 3 is 2.82 bits per heavy atom. The van der Waals surface area contributed by atoms with Crippen molar-refractivity contribution in [2.24, 2.45) is 0 Å². The van der Waals surface area contributed by atoms with Gasteiger partial charge in [-0.05, 0) is 43.7 Å². The van der Waals surface area contributed by atoms with Crippen LogP contribution in [0.5, 0.6) is 5.75 Å². The Morgan fingerprint density at radius 2 is 2.24 bits per heavy atom. The number of ether oxygens (including phenoxy) is 1. The van der Waals surface area contributed by atoms with E-state index in [0.29, 0.717) is 24.3 Å². The summed E-state index contributed by atoms with van der Waals surface area (Å²) in [5.41, 5.74) is 0.574. The SMILES string of the molecule is CCNC(CCO)COc1ccc(F)c(C)c1. The summed E-state index contributed by atoms with van der Waals surface area (Å²) in [6, 6.07) is 4.82. The van der Waals surface area contributed by atoms with Gasteiger partial charge in [-0.15, -0.1) is 0 Å². The molecule has 3 nitrogen and oxygen atoms in total. The second kappa shape index (κ2) is 7.25. The Morgan fingerprint density at radius 1 is 1.47 bits per heavy atom. The molecule has 96 valence electrons. The minimum Gasteiger partial charge on any atom is -0.492 e. The van der Waals surface area contributed by atoms with Crippen molar-refractivity contribution >= 4 is 0 Å². The monoisotopic (exact) mass is 241 g/mol. The Hall–Kier alpha value is -1.13. The van der Waals surface area contributed by atoms with Crippen molar-refractivity contribution in [1.29, 1.82) is 0 Å². The summed E-state index contributed by atoms with van der Waals surface area (Å²) in [7, 11) is 0. The molecule has 0 aromatic heterocycles. The number of halogens is 1. The van der Waals surface area contributed by atoms with E-state index in [2.05, 4.69) is 5.32 Å². The first-order valence-electron chi connectivity index (χ1n) is 5.90. The highest BCUT2D eigenvalue weighted by Crippen LogP contribution is 2.16. The fourth-order valence-corrected chi connectivity index (χ4v) is 1.59. The number of hydrogen-bond acceptors (Lipinski definition) is 3. The van der Waals surface area contributed by atoms with Crippen molar-refractivity contribution in [2.45, 2.75) is 26.3 Å². The molecule has 2 N–H and O–H groups in total.